The van der Waals surface area contributed by atoms with Gasteiger partial charge in [0, 0.05) is 19.6 Å². The van der Waals surface area contributed by atoms with Crippen molar-refractivity contribution in [2.45, 2.75) is 52.4 Å². The number of nitrogens with zero attached hydrogens (tertiary/aromatic N) is 1. The van der Waals surface area contributed by atoms with Crippen molar-refractivity contribution in [2.24, 2.45) is 10.8 Å². The molecule has 0 aromatic carbocycles. The van der Waals surface area contributed by atoms with Crippen molar-refractivity contribution in [3.05, 3.63) is 0 Å². The van der Waals surface area contributed by atoms with E-state index in [1.807, 2.05) is 0 Å². The van der Waals surface area contributed by atoms with E-state index in [-0.39, 0.29) is 0 Å². The molecular weight excluding hydrogens is 214 g/mol. The molecule has 0 amide bonds. The molecule has 2 aliphatic rings. The van der Waals surface area contributed by atoms with Crippen LogP contribution in [0.1, 0.15) is 52.4 Å². The Balaban J connectivity index is 1.92. The fraction of sp³-hybridized carbons (Fsp3) is 0.929. The van der Waals surface area contributed by atoms with Gasteiger partial charge in [0.2, 0.25) is 0 Å². The summed E-state index contributed by atoms with van der Waals surface area (Å²) in [7, 11) is 0. The maximum absolute atomic E-state index is 11.5. The topological polar surface area (TPSA) is 40.5 Å². The van der Waals surface area contributed by atoms with E-state index in [0.717, 1.165) is 45.3 Å². The molecule has 0 spiro atoms. The van der Waals surface area contributed by atoms with Gasteiger partial charge in [-0.2, -0.15) is 0 Å². The second kappa shape index (κ2) is 4.60. The van der Waals surface area contributed by atoms with Crippen molar-refractivity contribution < 1.29 is 9.90 Å². The maximum atomic E-state index is 11.5. The maximum Gasteiger partial charge on any atom is 0.310 e. The van der Waals surface area contributed by atoms with Gasteiger partial charge in [-0.15, -0.1) is 0 Å². The summed E-state index contributed by atoms with van der Waals surface area (Å²) in [5.74, 6) is -0.569. The van der Waals surface area contributed by atoms with Crippen LogP contribution in [0, 0.1) is 10.8 Å². The molecule has 1 saturated heterocycles. The largest absolute Gasteiger partial charge is 0.481 e. The smallest absolute Gasteiger partial charge is 0.310 e. The minimum atomic E-state index is -0.569. The Bertz CT molecular complexity index is 283. The van der Waals surface area contributed by atoms with Crippen molar-refractivity contribution >= 4 is 5.97 Å². The number of hydrogen-bond acceptors (Lipinski definition) is 2. The lowest BCUT2D eigenvalue weighted by atomic mass is 9.73. The average molecular weight is 239 g/mol. The van der Waals surface area contributed by atoms with Crippen LogP contribution < -0.4 is 0 Å². The van der Waals surface area contributed by atoms with Crippen molar-refractivity contribution in [1.29, 1.82) is 0 Å². The Kier molecular flexibility index (Phi) is 3.48. The summed E-state index contributed by atoms with van der Waals surface area (Å²) in [6.45, 7) is 7.50. The summed E-state index contributed by atoms with van der Waals surface area (Å²) in [5.41, 5.74) is 0.0614. The van der Waals surface area contributed by atoms with Gasteiger partial charge >= 0.3 is 5.97 Å². The third kappa shape index (κ3) is 2.22. The average Bonchev–Trinajstić information content (AvgIpc) is 2.73. The molecule has 1 N–H and O–H groups in total. The van der Waals surface area contributed by atoms with Gasteiger partial charge < -0.3 is 10.0 Å². The molecule has 0 radical (unpaired) electrons. The molecule has 0 aromatic heterocycles. The highest BCUT2D eigenvalue weighted by molar-refractivity contribution is 5.75. The molecule has 1 aliphatic heterocycles. The minimum Gasteiger partial charge on any atom is -0.481 e. The summed E-state index contributed by atoms with van der Waals surface area (Å²) in [5, 5.41) is 9.45. The molecule has 0 aromatic rings. The number of rotatable bonds is 5. The van der Waals surface area contributed by atoms with Crippen LogP contribution in [0.25, 0.3) is 0 Å². The minimum absolute atomic E-state index is 0.423. The second-order valence-corrected chi connectivity index (χ2v) is 6.14. The highest BCUT2D eigenvalue weighted by atomic mass is 16.4. The van der Waals surface area contributed by atoms with Crippen LogP contribution in [-0.4, -0.2) is 35.6 Å². The van der Waals surface area contributed by atoms with Gasteiger partial charge in [0.15, 0.2) is 0 Å². The van der Waals surface area contributed by atoms with Gasteiger partial charge in [-0.3, -0.25) is 4.79 Å². The highest BCUT2D eigenvalue weighted by Crippen LogP contribution is 2.44. The summed E-state index contributed by atoms with van der Waals surface area (Å²) in [6.07, 6.45) is 6.38. The molecule has 0 atom stereocenters. The number of carboxylic acid groups (broad SMARTS) is 1. The van der Waals surface area contributed by atoms with Crippen LogP contribution >= 0.6 is 0 Å². The Morgan fingerprint density at radius 2 is 1.71 bits per heavy atom. The van der Waals surface area contributed by atoms with E-state index in [1.165, 1.54) is 12.8 Å². The number of carbonyl (C=O) groups is 1. The van der Waals surface area contributed by atoms with Crippen LogP contribution in [0.15, 0.2) is 0 Å². The van der Waals surface area contributed by atoms with Crippen molar-refractivity contribution in [3.63, 3.8) is 0 Å². The number of aliphatic carboxylic acids is 1. The quantitative estimate of drug-likeness (QED) is 0.802. The molecule has 1 aliphatic carbocycles. The molecule has 3 nitrogen and oxygen atoms in total. The molecule has 2 rings (SSSR count). The SMILES string of the molecule is CCC1(CC)CN(CC2(C(=O)O)CCCC2)C1. The van der Waals surface area contributed by atoms with Gasteiger partial charge in [-0.25, -0.2) is 0 Å². The summed E-state index contributed by atoms with van der Waals surface area (Å²) < 4.78 is 0. The van der Waals surface area contributed by atoms with E-state index in [2.05, 4.69) is 18.7 Å². The zero-order valence-corrected chi connectivity index (χ0v) is 11.2. The predicted octanol–water partition coefficient (Wildman–Crippen LogP) is 2.75. The zero-order chi connectivity index (χ0) is 12.5. The van der Waals surface area contributed by atoms with E-state index < -0.39 is 11.4 Å². The molecule has 0 bridgehead atoms. The van der Waals surface area contributed by atoms with Gasteiger partial charge in [-0.05, 0) is 31.1 Å². The fourth-order valence-corrected chi connectivity index (χ4v) is 3.63. The lowest BCUT2D eigenvalue weighted by Gasteiger charge is -2.52. The van der Waals surface area contributed by atoms with E-state index in [0.29, 0.717) is 5.41 Å². The lowest BCUT2D eigenvalue weighted by Crippen LogP contribution is -2.59. The second-order valence-electron chi connectivity index (χ2n) is 6.14. The normalized spacial score (nSPS) is 26.7. The summed E-state index contributed by atoms with van der Waals surface area (Å²) in [6, 6.07) is 0. The summed E-state index contributed by atoms with van der Waals surface area (Å²) in [4.78, 5) is 13.8. The predicted molar refractivity (Wildman–Crippen MR) is 68.0 cm³/mol. The van der Waals surface area contributed by atoms with Crippen LogP contribution in [-0.2, 0) is 4.79 Å². The van der Waals surface area contributed by atoms with E-state index >= 15 is 0 Å². The molecule has 3 heteroatoms. The first-order valence-corrected chi connectivity index (χ1v) is 7.02. The Morgan fingerprint density at radius 3 is 2.12 bits per heavy atom. The van der Waals surface area contributed by atoms with E-state index in [1.54, 1.807) is 0 Å². The number of likely N-dealkylation sites (tertiary alicyclic amines) is 1. The molecule has 0 unspecified atom stereocenters. The van der Waals surface area contributed by atoms with Crippen LogP contribution in [0.5, 0.6) is 0 Å². The molecule has 2 fully saturated rings. The number of carboxylic acids is 1. The molecule has 1 saturated carbocycles. The molecular formula is C14H25NO2. The van der Waals surface area contributed by atoms with Crippen molar-refractivity contribution in [2.75, 3.05) is 19.6 Å². The number of hydrogen-bond donors (Lipinski definition) is 1. The molecule has 98 valence electrons. The fourth-order valence-electron chi connectivity index (χ4n) is 3.63. The van der Waals surface area contributed by atoms with Gasteiger partial charge in [0.1, 0.15) is 0 Å². The van der Waals surface area contributed by atoms with Gasteiger partial charge in [0.25, 0.3) is 0 Å². The first-order valence-electron chi connectivity index (χ1n) is 7.02. The van der Waals surface area contributed by atoms with Crippen molar-refractivity contribution in [3.8, 4) is 0 Å². The first kappa shape index (κ1) is 12.9. The highest BCUT2D eigenvalue weighted by Gasteiger charge is 2.47. The Labute approximate surface area is 104 Å². The Hall–Kier alpha value is -0.570. The van der Waals surface area contributed by atoms with Crippen molar-refractivity contribution in [1.82, 2.24) is 4.90 Å². The zero-order valence-electron chi connectivity index (χ0n) is 11.2. The van der Waals surface area contributed by atoms with Crippen LogP contribution in [0.2, 0.25) is 0 Å². The third-order valence-corrected chi connectivity index (χ3v) is 5.16. The van der Waals surface area contributed by atoms with E-state index in [4.69, 9.17) is 0 Å². The molecule has 17 heavy (non-hydrogen) atoms. The summed E-state index contributed by atoms with van der Waals surface area (Å²) >= 11 is 0. The van der Waals surface area contributed by atoms with Crippen LogP contribution in [0.4, 0.5) is 0 Å². The molecule has 1 heterocycles. The lowest BCUT2D eigenvalue weighted by molar-refractivity contribution is -0.152. The monoisotopic (exact) mass is 239 g/mol. The van der Waals surface area contributed by atoms with Gasteiger partial charge in [-0.1, -0.05) is 26.7 Å². The standard InChI is InChI=1S/C14H25NO2/c1-3-13(4-2)9-15(10-13)11-14(12(16)17)7-5-6-8-14/h3-11H2,1-2H3,(H,16,17). The first-order chi connectivity index (χ1) is 8.06. The third-order valence-electron chi connectivity index (χ3n) is 5.16. The van der Waals surface area contributed by atoms with Gasteiger partial charge in [0.05, 0.1) is 5.41 Å². The van der Waals surface area contributed by atoms with E-state index in [9.17, 15) is 9.90 Å². The Morgan fingerprint density at radius 1 is 1.18 bits per heavy atom. The van der Waals surface area contributed by atoms with Crippen LogP contribution in [0.3, 0.4) is 0 Å².